The van der Waals surface area contributed by atoms with Crippen LogP contribution >= 0.6 is 0 Å². The number of anilines is 1. The van der Waals surface area contributed by atoms with Gasteiger partial charge in [-0.1, -0.05) is 32.1 Å². The number of carbonyl (C=O) groups is 2. The Morgan fingerprint density at radius 1 is 1.30 bits per heavy atom. The first-order valence-electron chi connectivity index (χ1n) is 7.15. The Morgan fingerprint density at radius 3 is 2.75 bits per heavy atom. The summed E-state index contributed by atoms with van der Waals surface area (Å²) in [6, 6.07) is 3.18. The maximum absolute atomic E-state index is 11.9. The molecule has 1 aliphatic carbocycles. The second-order valence-corrected chi connectivity index (χ2v) is 5.30. The molecule has 5 nitrogen and oxygen atoms in total. The van der Waals surface area contributed by atoms with E-state index in [0.717, 1.165) is 6.42 Å². The van der Waals surface area contributed by atoms with E-state index < -0.39 is 5.97 Å². The molecule has 1 saturated carbocycles. The van der Waals surface area contributed by atoms with Gasteiger partial charge in [-0.05, 0) is 24.5 Å². The SMILES string of the molecule is O=C(CCC1CCCCC1)Nc1cccnc1C(=O)O. The Bertz CT molecular complexity index is 482. The molecule has 108 valence electrons. The Morgan fingerprint density at radius 2 is 2.05 bits per heavy atom. The van der Waals surface area contributed by atoms with Gasteiger partial charge in [0.05, 0.1) is 5.69 Å². The van der Waals surface area contributed by atoms with Crippen molar-refractivity contribution in [2.45, 2.75) is 44.9 Å². The van der Waals surface area contributed by atoms with Crippen LogP contribution in [0, 0.1) is 5.92 Å². The van der Waals surface area contributed by atoms with E-state index in [1.54, 1.807) is 12.1 Å². The number of carboxylic acid groups (broad SMARTS) is 1. The zero-order valence-electron chi connectivity index (χ0n) is 11.5. The molecule has 0 bridgehead atoms. The lowest BCUT2D eigenvalue weighted by atomic mass is 9.86. The normalized spacial score (nSPS) is 15.8. The van der Waals surface area contributed by atoms with Crippen LogP contribution in [0.3, 0.4) is 0 Å². The maximum atomic E-state index is 11.9. The number of carbonyl (C=O) groups excluding carboxylic acids is 1. The van der Waals surface area contributed by atoms with E-state index in [9.17, 15) is 9.59 Å². The van der Waals surface area contributed by atoms with Crippen LogP contribution in [0.15, 0.2) is 18.3 Å². The molecule has 1 fully saturated rings. The van der Waals surface area contributed by atoms with Crippen molar-refractivity contribution in [2.75, 3.05) is 5.32 Å². The van der Waals surface area contributed by atoms with Gasteiger partial charge in [0.15, 0.2) is 5.69 Å². The summed E-state index contributed by atoms with van der Waals surface area (Å²) in [4.78, 5) is 26.7. The van der Waals surface area contributed by atoms with Crippen molar-refractivity contribution in [3.63, 3.8) is 0 Å². The van der Waals surface area contributed by atoms with Crippen LogP contribution in [0.1, 0.15) is 55.4 Å². The molecule has 1 aromatic heterocycles. The van der Waals surface area contributed by atoms with E-state index in [4.69, 9.17) is 5.11 Å². The quantitative estimate of drug-likeness (QED) is 0.866. The Balaban J connectivity index is 1.86. The van der Waals surface area contributed by atoms with E-state index in [1.165, 1.54) is 38.3 Å². The number of hydrogen-bond acceptors (Lipinski definition) is 3. The second-order valence-electron chi connectivity index (χ2n) is 5.30. The van der Waals surface area contributed by atoms with Gasteiger partial charge in [-0.3, -0.25) is 4.79 Å². The standard InChI is InChI=1S/C15H20N2O3/c18-13(9-8-11-5-2-1-3-6-11)17-12-7-4-10-16-14(12)15(19)20/h4,7,10-11H,1-3,5-6,8-9H2,(H,17,18)(H,19,20). The molecule has 2 rings (SSSR count). The number of nitrogens with one attached hydrogen (secondary N) is 1. The van der Waals surface area contributed by atoms with Gasteiger partial charge in [0.25, 0.3) is 0 Å². The monoisotopic (exact) mass is 276 g/mol. The van der Waals surface area contributed by atoms with Crippen LogP contribution < -0.4 is 5.32 Å². The molecular formula is C15H20N2O3. The van der Waals surface area contributed by atoms with Crippen molar-refractivity contribution >= 4 is 17.6 Å². The highest BCUT2D eigenvalue weighted by molar-refractivity contribution is 5.98. The van der Waals surface area contributed by atoms with Crippen molar-refractivity contribution in [3.8, 4) is 0 Å². The Kier molecular flexibility index (Phi) is 5.09. The van der Waals surface area contributed by atoms with Crippen LogP contribution in [0.25, 0.3) is 0 Å². The van der Waals surface area contributed by atoms with Crippen LogP contribution in [0.5, 0.6) is 0 Å². The molecule has 0 radical (unpaired) electrons. The minimum absolute atomic E-state index is 0.112. The first-order chi connectivity index (χ1) is 9.66. The lowest BCUT2D eigenvalue weighted by molar-refractivity contribution is -0.116. The number of amides is 1. The van der Waals surface area contributed by atoms with E-state index in [0.29, 0.717) is 12.3 Å². The summed E-state index contributed by atoms with van der Waals surface area (Å²) in [5, 5.41) is 11.6. The summed E-state index contributed by atoms with van der Waals surface area (Å²) in [7, 11) is 0. The average molecular weight is 276 g/mol. The minimum atomic E-state index is -1.13. The molecule has 0 atom stereocenters. The zero-order chi connectivity index (χ0) is 14.4. The van der Waals surface area contributed by atoms with Crippen LogP contribution in [0.4, 0.5) is 5.69 Å². The highest BCUT2D eigenvalue weighted by Crippen LogP contribution is 2.27. The smallest absolute Gasteiger partial charge is 0.356 e. The van der Waals surface area contributed by atoms with Crippen molar-refractivity contribution in [3.05, 3.63) is 24.0 Å². The van der Waals surface area contributed by atoms with Gasteiger partial charge < -0.3 is 10.4 Å². The fourth-order valence-corrected chi connectivity index (χ4v) is 2.70. The van der Waals surface area contributed by atoms with Crippen LogP contribution in [0.2, 0.25) is 0 Å². The number of rotatable bonds is 5. The maximum Gasteiger partial charge on any atom is 0.356 e. The highest BCUT2D eigenvalue weighted by atomic mass is 16.4. The second kappa shape index (κ2) is 7.03. The lowest BCUT2D eigenvalue weighted by Crippen LogP contribution is -2.17. The number of carboxylic acids is 1. The van der Waals surface area contributed by atoms with E-state index >= 15 is 0 Å². The summed E-state index contributed by atoms with van der Waals surface area (Å²) in [5.41, 5.74) is 0.159. The van der Waals surface area contributed by atoms with Crippen molar-refractivity contribution < 1.29 is 14.7 Å². The zero-order valence-corrected chi connectivity index (χ0v) is 11.5. The topological polar surface area (TPSA) is 79.3 Å². The lowest BCUT2D eigenvalue weighted by Gasteiger charge is -2.21. The van der Waals surface area contributed by atoms with Gasteiger partial charge in [-0.25, -0.2) is 9.78 Å². The molecule has 2 N–H and O–H groups in total. The number of nitrogens with zero attached hydrogens (tertiary/aromatic N) is 1. The number of pyridine rings is 1. The predicted octanol–water partition coefficient (Wildman–Crippen LogP) is 3.08. The Labute approximate surface area is 118 Å². The van der Waals surface area contributed by atoms with Gasteiger partial charge in [0.1, 0.15) is 0 Å². The van der Waals surface area contributed by atoms with Gasteiger partial charge in [0.2, 0.25) is 5.91 Å². The molecule has 0 aromatic carbocycles. The number of aromatic carboxylic acids is 1. The molecule has 0 spiro atoms. The largest absolute Gasteiger partial charge is 0.476 e. The molecule has 5 heteroatoms. The van der Waals surface area contributed by atoms with Crippen LogP contribution in [-0.2, 0) is 4.79 Å². The first-order valence-corrected chi connectivity index (χ1v) is 7.15. The van der Waals surface area contributed by atoms with Gasteiger partial charge in [-0.15, -0.1) is 0 Å². The molecular weight excluding hydrogens is 256 g/mol. The molecule has 1 amide bonds. The summed E-state index contributed by atoms with van der Waals surface area (Å²) in [6.07, 6.45) is 8.98. The molecule has 1 heterocycles. The minimum Gasteiger partial charge on any atom is -0.476 e. The third-order valence-electron chi connectivity index (χ3n) is 3.79. The molecule has 20 heavy (non-hydrogen) atoms. The van der Waals surface area contributed by atoms with Crippen molar-refractivity contribution in [1.82, 2.24) is 4.98 Å². The van der Waals surface area contributed by atoms with Crippen molar-refractivity contribution in [1.29, 1.82) is 0 Å². The van der Waals surface area contributed by atoms with Gasteiger partial charge in [0, 0.05) is 12.6 Å². The third-order valence-corrected chi connectivity index (χ3v) is 3.79. The van der Waals surface area contributed by atoms with E-state index in [1.807, 2.05) is 0 Å². The Hall–Kier alpha value is -1.91. The van der Waals surface area contributed by atoms with Gasteiger partial charge in [-0.2, -0.15) is 0 Å². The van der Waals surface area contributed by atoms with Gasteiger partial charge >= 0.3 is 5.97 Å². The molecule has 1 aromatic rings. The van der Waals surface area contributed by atoms with E-state index in [2.05, 4.69) is 10.3 Å². The highest BCUT2D eigenvalue weighted by Gasteiger charge is 2.16. The summed E-state index contributed by atoms with van der Waals surface area (Å²) in [5.74, 6) is -0.624. The number of hydrogen-bond donors (Lipinski definition) is 2. The molecule has 0 aliphatic heterocycles. The molecule has 1 aliphatic rings. The summed E-state index contributed by atoms with van der Waals surface area (Å²) < 4.78 is 0. The molecule has 0 unspecified atom stereocenters. The van der Waals surface area contributed by atoms with Crippen LogP contribution in [-0.4, -0.2) is 22.0 Å². The third kappa shape index (κ3) is 4.05. The van der Waals surface area contributed by atoms with E-state index in [-0.39, 0.29) is 17.3 Å². The first kappa shape index (κ1) is 14.5. The van der Waals surface area contributed by atoms with Crippen molar-refractivity contribution in [2.24, 2.45) is 5.92 Å². The molecule has 0 saturated heterocycles. The summed E-state index contributed by atoms with van der Waals surface area (Å²) in [6.45, 7) is 0. The average Bonchev–Trinajstić information content (AvgIpc) is 2.46. The predicted molar refractivity (Wildman–Crippen MR) is 75.6 cm³/mol. The number of aromatic nitrogens is 1. The summed E-state index contributed by atoms with van der Waals surface area (Å²) >= 11 is 0. The fourth-order valence-electron chi connectivity index (χ4n) is 2.70. The fraction of sp³-hybridized carbons (Fsp3) is 0.533.